The predicted octanol–water partition coefficient (Wildman–Crippen LogP) is 3.75. The molecule has 0 bridgehead atoms. The van der Waals surface area contributed by atoms with Crippen molar-refractivity contribution in [1.82, 2.24) is 0 Å². The quantitative estimate of drug-likeness (QED) is 0.373. The summed E-state index contributed by atoms with van der Waals surface area (Å²) in [7, 11) is 0. The molecule has 0 saturated heterocycles. The fourth-order valence-electron chi connectivity index (χ4n) is 1.67. The van der Waals surface area contributed by atoms with E-state index in [0.29, 0.717) is 25.4 Å². The second kappa shape index (κ2) is 10.6. The minimum Gasteiger partial charge on any atom is -0.494 e. The number of ether oxygens (including phenoxy) is 3. The monoisotopic (exact) mass is 322 g/mol. The first-order valence-corrected chi connectivity index (χ1v) is 8.17. The second-order valence-corrected chi connectivity index (χ2v) is 5.33. The van der Waals surface area contributed by atoms with Crippen LogP contribution in [0.25, 0.3) is 0 Å². The van der Waals surface area contributed by atoms with Gasteiger partial charge in [-0.1, -0.05) is 20.8 Å². The molecule has 1 atom stereocenters. The lowest BCUT2D eigenvalue weighted by atomic mass is 10.1. The average molecular weight is 322 g/mol. The summed E-state index contributed by atoms with van der Waals surface area (Å²) in [5, 5.41) is 0. The van der Waals surface area contributed by atoms with Crippen LogP contribution in [0.1, 0.15) is 46.5 Å². The first kappa shape index (κ1) is 19.0. The molecule has 0 aromatic heterocycles. The number of rotatable bonds is 10. The number of carbonyl (C=O) groups is 2. The Balaban J connectivity index is 2.24. The Hall–Kier alpha value is -2.04. The Labute approximate surface area is 137 Å². The Morgan fingerprint density at radius 3 is 2.22 bits per heavy atom. The van der Waals surface area contributed by atoms with Gasteiger partial charge >= 0.3 is 11.9 Å². The minimum atomic E-state index is -0.220. The van der Waals surface area contributed by atoms with Gasteiger partial charge in [-0.15, -0.1) is 0 Å². The van der Waals surface area contributed by atoms with Gasteiger partial charge in [-0.25, -0.2) is 0 Å². The van der Waals surface area contributed by atoms with Crippen LogP contribution in [0.5, 0.6) is 11.5 Å². The van der Waals surface area contributed by atoms with Crippen LogP contribution in [-0.2, 0) is 14.3 Å². The highest BCUT2D eigenvalue weighted by molar-refractivity contribution is 5.74. The third-order valence-corrected chi connectivity index (χ3v) is 3.42. The van der Waals surface area contributed by atoms with Crippen molar-refractivity contribution in [2.24, 2.45) is 5.92 Å². The Bertz CT molecular complexity index is 481. The third-order valence-electron chi connectivity index (χ3n) is 3.42. The van der Waals surface area contributed by atoms with Gasteiger partial charge in [0.25, 0.3) is 0 Å². The van der Waals surface area contributed by atoms with Gasteiger partial charge < -0.3 is 14.2 Å². The number of esters is 2. The molecule has 1 unspecified atom stereocenters. The standard InChI is InChI=1S/C18H26O5/c1-4-14(3)18(20)23-16-10-8-15(9-11-16)21-12-6-7-13-22-17(19)5-2/h8-11,14H,4-7,12-13H2,1-3H3. The molecule has 5 heteroatoms. The zero-order valence-electron chi connectivity index (χ0n) is 14.2. The number of benzene rings is 1. The maximum atomic E-state index is 11.7. The molecule has 0 fully saturated rings. The van der Waals surface area contributed by atoms with E-state index in [0.717, 1.165) is 25.0 Å². The second-order valence-electron chi connectivity index (χ2n) is 5.33. The lowest BCUT2D eigenvalue weighted by Crippen LogP contribution is -2.16. The van der Waals surface area contributed by atoms with Gasteiger partial charge in [0.05, 0.1) is 19.1 Å². The normalized spacial score (nSPS) is 11.6. The number of unbranched alkanes of at least 4 members (excludes halogenated alkanes) is 1. The van der Waals surface area contributed by atoms with Crippen molar-refractivity contribution in [1.29, 1.82) is 0 Å². The van der Waals surface area contributed by atoms with Gasteiger partial charge in [0.2, 0.25) is 0 Å². The highest BCUT2D eigenvalue weighted by Crippen LogP contribution is 2.19. The molecule has 1 rings (SSSR count). The fraction of sp³-hybridized carbons (Fsp3) is 0.556. The summed E-state index contributed by atoms with van der Waals surface area (Å²) in [6.07, 6.45) is 2.75. The molecule has 0 heterocycles. The van der Waals surface area contributed by atoms with Crippen molar-refractivity contribution in [2.75, 3.05) is 13.2 Å². The lowest BCUT2D eigenvalue weighted by Gasteiger charge is -2.10. The fourth-order valence-corrected chi connectivity index (χ4v) is 1.67. The first-order valence-electron chi connectivity index (χ1n) is 8.17. The smallest absolute Gasteiger partial charge is 0.314 e. The van der Waals surface area contributed by atoms with Gasteiger partial charge in [-0.3, -0.25) is 9.59 Å². The summed E-state index contributed by atoms with van der Waals surface area (Å²) in [6.45, 7) is 6.55. The molecule has 0 N–H and O–H groups in total. The summed E-state index contributed by atoms with van der Waals surface area (Å²) >= 11 is 0. The summed E-state index contributed by atoms with van der Waals surface area (Å²) in [6, 6.07) is 6.99. The summed E-state index contributed by atoms with van der Waals surface area (Å²) in [4.78, 5) is 22.6. The van der Waals surface area contributed by atoms with Gasteiger partial charge in [0.15, 0.2) is 0 Å². The molecule has 0 aliphatic rings. The maximum Gasteiger partial charge on any atom is 0.314 e. The molecular formula is C18H26O5. The first-order chi connectivity index (χ1) is 11.1. The summed E-state index contributed by atoms with van der Waals surface area (Å²) in [5.74, 6) is 0.747. The van der Waals surface area contributed by atoms with Crippen LogP contribution in [0.4, 0.5) is 0 Å². The zero-order valence-corrected chi connectivity index (χ0v) is 14.2. The zero-order chi connectivity index (χ0) is 17.1. The van der Waals surface area contributed by atoms with Crippen molar-refractivity contribution < 1.29 is 23.8 Å². The van der Waals surface area contributed by atoms with Gasteiger partial charge in [-0.2, -0.15) is 0 Å². The SMILES string of the molecule is CCC(=O)OCCCCOc1ccc(OC(=O)C(C)CC)cc1. The molecule has 0 aliphatic carbocycles. The van der Waals surface area contributed by atoms with Crippen LogP contribution in [0, 0.1) is 5.92 Å². The number of hydrogen-bond acceptors (Lipinski definition) is 5. The highest BCUT2D eigenvalue weighted by Gasteiger charge is 2.12. The molecule has 128 valence electrons. The maximum absolute atomic E-state index is 11.7. The molecule has 0 amide bonds. The van der Waals surface area contributed by atoms with Crippen LogP contribution < -0.4 is 9.47 Å². The van der Waals surface area contributed by atoms with Crippen molar-refractivity contribution in [2.45, 2.75) is 46.5 Å². The highest BCUT2D eigenvalue weighted by atomic mass is 16.5. The van der Waals surface area contributed by atoms with E-state index in [1.807, 2.05) is 13.8 Å². The topological polar surface area (TPSA) is 61.8 Å². The molecule has 0 radical (unpaired) electrons. The van der Waals surface area contributed by atoms with Crippen molar-refractivity contribution in [3.05, 3.63) is 24.3 Å². The molecule has 23 heavy (non-hydrogen) atoms. The van der Waals surface area contributed by atoms with E-state index in [1.54, 1.807) is 31.2 Å². The number of carbonyl (C=O) groups excluding carboxylic acids is 2. The van der Waals surface area contributed by atoms with Gasteiger partial charge in [0, 0.05) is 6.42 Å². The largest absolute Gasteiger partial charge is 0.494 e. The Morgan fingerprint density at radius 1 is 1.00 bits per heavy atom. The average Bonchev–Trinajstić information content (AvgIpc) is 2.58. The van der Waals surface area contributed by atoms with E-state index in [1.165, 1.54) is 0 Å². The van der Waals surface area contributed by atoms with Crippen LogP contribution in [-0.4, -0.2) is 25.2 Å². The summed E-state index contributed by atoms with van der Waals surface area (Å²) in [5.41, 5.74) is 0. The van der Waals surface area contributed by atoms with E-state index in [4.69, 9.17) is 14.2 Å². The summed E-state index contributed by atoms with van der Waals surface area (Å²) < 4.78 is 15.8. The van der Waals surface area contributed by atoms with E-state index >= 15 is 0 Å². The van der Waals surface area contributed by atoms with E-state index in [-0.39, 0.29) is 17.9 Å². The Kier molecular flexibility index (Phi) is 8.80. The van der Waals surface area contributed by atoms with Crippen molar-refractivity contribution in [3.8, 4) is 11.5 Å². The molecule has 0 aliphatic heterocycles. The van der Waals surface area contributed by atoms with Crippen LogP contribution in [0.3, 0.4) is 0 Å². The predicted molar refractivity (Wildman–Crippen MR) is 87.5 cm³/mol. The molecule has 1 aromatic rings. The van der Waals surface area contributed by atoms with E-state index in [2.05, 4.69) is 0 Å². The Morgan fingerprint density at radius 2 is 1.61 bits per heavy atom. The van der Waals surface area contributed by atoms with Crippen LogP contribution >= 0.6 is 0 Å². The van der Waals surface area contributed by atoms with Crippen molar-refractivity contribution >= 4 is 11.9 Å². The van der Waals surface area contributed by atoms with Crippen molar-refractivity contribution in [3.63, 3.8) is 0 Å². The molecule has 5 nitrogen and oxygen atoms in total. The van der Waals surface area contributed by atoms with Gasteiger partial charge in [-0.05, 0) is 43.5 Å². The van der Waals surface area contributed by atoms with Gasteiger partial charge in [0.1, 0.15) is 11.5 Å². The molecule has 0 saturated carbocycles. The van der Waals surface area contributed by atoms with Crippen LogP contribution in [0.2, 0.25) is 0 Å². The third kappa shape index (κ3) is 7.68. The number of hydrogen-bond donors (Lipinski definition) is 0. The lowest BCUT2D eigenvalue weighted by molar-refractivity contribution is -0.143. The molecular weight excluding hydrogens is 296 g/mol. The van der Waals surface area contributed by atoms with E-state index in [9.17, 15) is 9.59 Å². The van der Waals surface area contributed by atoms with Crippen LogP contribution in [0.15, 0.2) is 24.3 Å². The molecule has 1 aromatic carbocycles. The van der Waals surface area contributed by atoms with E-state index < -0.39 is 0 Å². The minimum absolute atomic E-state index is 0.104. The molecule has 0 spiro atoms.